The van der Waals surface area contributed by atoms with Crippen LogP contribution in [0.1, 0.15) is 18.2 Å². The Morgan fingerprint density at radius 1 is 1.41 bits per heavy atom. The van der Waals surface area contributed by atoms with Crippen molar-refractivity contribution in [1.29, 1.82) is 0 Å². The molecule has 0 fully saturated rings. The highest BCUT2D eigenvalue weighted by molar-refractivity contribution is 6.31. The highest BCUT2D eigenvalue weighted by atomic mass is 35.5. The molecule has 1 N–H and O–H groups in total. The first kappa shape index (κ1) is 12.0. The molecule has 0 aliphatic rings. The van der Waals surface area contributed by atoms with E-state index in [0.29, 0.717) is 0 Å². The number of aryl methyl sites for hydroxylation is 1. The molecule has 0 saturated heterocycles. The van der Waals surface area contributed by atoms with Gasteiger partial charge in [0.15, 0.2) is 0 Å². The van der Waals surface area contributed by atoms with Crippen LogP contribution >= 0.6 is 11.6 Å². The Hall–Kier alpha value is -1.48. The second-order valence-corrected chi connectivity index (χ2v) is 4.34. The van der Waals surface area contributed by atoms with E-state index < -0.39 is 0 Å². The fraction of sp³-hybridized carbons (Fsp3) is 0.308. The summed E-state index contributed by atoms with van der Waals surface area (Å²) in [6, 6.07) is 5.89. The van der Waals surface area contributed by atoms with Crippen LogP contribution in [0.25, 0.3) is 0 Å². The predicted molar refractivity (Wildman–Crippen MR) is 71.4 cm³/mol. The highest BCUT2D eigenvalue weighted by Gasteiger charge is 2.03. The molecule has 0 radical (unpaired) electrons. The summed E-state index contributed by atoms with van der Waals surface area (Å²) in [6.45, 7) is 5.82. The van der Waals surface area contributed by atoms with Gasteiger partial charge in [0.25, 0.3) is 0 Å². The third kappa shape index (κ3) is 2.61. The first-order valence-electron chi connectivity index (χ1n) is 5.70. The Balaban J connectivity index is 2.10. The first-order chi connectivity index (χ1) is 8.22. The summed E-state index contributed by atoms with van der Waals surface area (Å²) in [5.41, 5.74) is 3.32. The van der Waals surface area contributed by atoms with Crippen LogP contribution in [0.3, 0.4) is 0 Å². The third-order valence-corrected chi connectivity index (χ3v) is 3.28. The lowest BCUT2D eigenvalue weighted by Gasteiger charge is -2.11. The van der Waals surface area contributed by atoms with Crippen molar-refractivity contribution in [2.75, 3.05) is 5.32 Å². The molecule has 0 bridgehead atoms. The maximum absolute atomic E-state index is 6.08. The van der Waals surface area contributed by atoms with Gasteiger partial charge in [-0.15, -0.1) is 0 Å². The Morgan fingerprint density at radius 3 is 3.00 bits per heavy atom. The number of nitrogens with zero attached hydrogens (tertiary/aromatic N) is 2. The van der Waals surface area contributed by atoms with Gasteiger partial charge < -0.3 is 9.88 Å². The molecule has 1 aromatic carbocycles. The predicted octanol–water partition coefficient (Wildman–Crippen LogP) is 3.48. The minimum Gasteiger partial charge on any atom is -0.379 e. The SMILES string of the molecule is CCn1cncc1CNc1cccc(Cl)c1C. The van der Waals surface area contributed by atoms with Crippen LogP contribution in [0.2, 0.25) is 5.02 Å². The maximum atomic E-state index is 6.08. The van der Waals surface area contributed by atoms with Crippen molar-refractivity contribution in [3.63, 3.8) is 0 Å². The second kappa shape index (κ2) is 5.23. The fourth-order valence-corrected chi connectivity index (χ4v) is 1.94. The summed E-state index contributed by atoms with van der Waals surface area (Å²) in [6.07, 6.45) is 3.73. The average Bonchev–Trinajstić information content (AvgIpc) is 2.78. The lowest BCUT2D eigenvalue weighted by atomic mass is 10.2. The maximum Gasteiger partial charge on any atom is 0.0948 e. The molecule has 0 spiro atoms. The van der Waals surface area contributed by atoms with E-state index in [0.717, 1.165) is 29.4 Å². The fourth-order valence-electron chi connectivity index (χ4n) is 1.76. The van der Waals surface area contributed by atoms with Crippen LogP contribution in [-0.2, 0) is 13.1 Å². The van der Waals surface area contributed by atoms with E-state index in [1.807, 2.05) is 37.6 Å². The molecule has 4 heteroatoms. The van der Waals surface area contributed by atoms with Crippen molar-refractivity contribution in [2.24, 2.45) is 0 Å². The van der Waals surface area contributed by atoms with Gasteiger partial charge in [-0.2, -0.15) is 0 Å². The molecule has 0 aliphatic heterocycles. The summed E-state index contributed by atoms with van der Waals surface area (Å²) in [5.74, 6) is 0. The van der Waals surface area contributed by atoms with Gasteiger partial charge in [-0.3, -0.25) is 0 Å². The molecule has 0 atom stereocenters. The van der Waals surface area contributed by atoms with Gasteiger partial charge in [0.05, 0.1) is 18.6 Å². The van der Waals surface area contributed by atoms with Gasteiger partial charge in [-0.25, -0.2) is 4.98 Å². The zero-order chi connectivity index (χ0) is 12.3. The van der Waals surface area contributed by atoms with E-state index in [4.69, 9.17) is 11.6 Å². The van der Waals surface area contributed by atoms with E-state index in [-0.39, 0.29) is 0 Å². The molecule has 3 nitrogen and oxygen atoms in total. The van der Waals surface area contributed by atoms with Gasteiger partial charge in [-0.05, 0) is 31.5 Å². The van der Waals surface area contributed by atoms with Crippen LogP contribution in [0.5, 0.6) is 0 Å². The molecule has 90 valence electrons. The molecule has 0 aliphatic carbocycles. The summed E-state index contributed by atoms with van der Waals surface area (Å²) < 4.78 is 2.12. The molecular formula is C13H16ClN3. The van der Waals surface area contributed by atoms with Crippen LogP contribution in [-0.4, -0.2) is 9.55 Å². The second-order valence-electron chi connectivity index (χ2n) is 3.94. The van der Waals surface area contributed by atoms with Crippen molar-refractivity contribution in [3.8, 4) is 0 Å². The topological polar surface area (TPSA) is 29.9 Å². The Labute approximate surface area is 106 Å². The number of halogens is 1. The summed E-state index contributed by atoms with van der Waals surface area (Å²) in [7, 11) is 0. The van der Waals surface area contributed by atoms with Gasteiger partial charge in [0, 0.05) is 23.5 Å². The number of benzene rings is 1. The smallest absolute Gasteiger partial charge is 0.0948 e. The lowest BCUT2D eigenvalue weighted by molar-refractivity contribution is 0.719. The Morgan fingerprint density at radius 2 is 2.24 bits per heavy atom. The molecular weight excluding hydrogens is 234 g/mol. The number of nitrogens with one attached hydrogen (secondary N) is 1. The standard InChI is InChI=1S/C13H16ClN3/c1-3-17-9-15-7-11(17)8-16-13-6-4-5-12(14)10(13)2/h4-7,9,16H,3,8H2,1-2H3. The van der Waals surface area contributed by atoms with Crippen LogP contribution in [0.4, 0.5) is 5.69 Å². The lowest BCUT2D eigenvalue weighted by Crippen LogP contribution is -2.06. The van der Waals surface area contributed by atoms with E-state index in [2.05, 4.69) is 21.8 Å². The highest BCUT2D eigenvalue weighted by Crippen LogP contribution is 2.23. The summed E-state index contributed by atoms with van der Waals surface area (Å²) >= 11 is 6.08. The molecule has 1 aromatic heterocycles. The quantitative estimate of drug-likeness (QED) is 0.899. The van der Waals surface area contributed by atoms with Gasteiger partial charge in [0.2, 0.25) is 0 Å². The zero-order valence-corrected chi connectivity index (χ0v) is 10.8. The first-order valence-corrected chi connectivity index (χ1v) is 6.08. The number of hydrogen-bond acceptors (Lipinski definition) is 2. The van der Waals surface area contributed by atoms with Gasteiger partial charge in [-0.1, -0.05) is 17.7 Å². The number of rotatable bonds is 4. The molecule has 2 aromatic rings. The van der Waals surface area contributed by atoms with Crippen LogP contribution in [0, 0.1) is 6.92 Å². The zero-order valence-electron chi connectivity index (χ0n) is 10.1. The number of aromatic nitrogens is 2. The van der Waals surface area contributed by atoms with Crippen molar-refractivity contribution < 1.29 is 0 Å². The summed E-state index contributed by atoms with van der Waals surface area (Å²) in [4.78, 5) is 4.14. The normalized spacial score (nSPS) is 10.5. The van der Waals surface area contributed by atoms with E-state index in [1.165, 1.54) is 5.69 Å². The van der Waals surface area contributed by atoms with Crippen LogP contribution < -0.4 is 5.32 Å². The van der Waals surface area contributed by atoms with E-state index in [9.17, 15) is 0 Å². The van der Waals surface area contributed by atoms with Crippen molar-refractivity contribution in [2.45, 2.75) is 26.9 Å². The minimum atomic E-state index is 0.759. The monoisotopic (exact) mass is 249 g/mol. The van der Waals surface area contributed by atoms with Gasteiger partial charge in [0.1, 0.15) is 0 Å². The van der Waals surface area contributed by atoms with Crippen LogP contribution in [0.15, 0.2) is 30.7 Å². The Kier molecular flexibility index (Phi) is 3.69. The molecule has 17 heavy (non-hydrogen) atoms. The average molecular weight is 250 g/mol. The van der Waals surface area contributed by atoms with Crippen molar-refractivity contribution in [3.05, 3.63) is 47.0 Å². The van der Waals surface area contributed by atoms with Crippen molar-refractivity contribution >= 4 is 17.3 Å². The molecule has 1 heterocycles. The molecule has 2 rings (SSSR count). The van der Waals surface area contributed by atoms with E-state index in [1.54, 1.807) is 0 Å². The number of imidazole rings is 1. The summed E-state index contributed by atoms with van der Waals surface area (Å²) in [5, 5.41) is 4.18. The molecule has 0 amide bonds. The molecule has 0 unspecified atom stereocenters. The molecule has 0 saturated carbocycles. The third-order valence-electron chi connectivity index (χ3n) is 2.87. The Bertz CT molecular complexity index is 505. The van der Waals surface area contributed by atoms with Crippen molar-refractivity contribution in [1.82, 2.24) is 9.55 Å². The van der Waals surface area contributed by atoms with Gasteiger partial charge >= 0.3 is 0 Å². The largest absolute Gasteiger partial charge is 0.379 e. The van der Waals surface area contributed by atoms with E-state index >= 15 is 0 Å². The minimum absolute atomic E-state index is 0.759. The number of anilines is 1. The number of hydrogen-bond donors (Lipinski definition) is 1.